The third-order valence-electron chi connectivity index (χ3n) is 5.41. The summed E-state index contributed by atoms with van der Waals surface area (Å²) in [6.45, 7) is 11.9. The molecule has 0 atom stereocenters. The number of ether oxygens (including phenoxy) is 2. The van der Waals surface area contributed by atoms with Crippen molar-refractivity contribution in [3.63, 3.8) is 0 Å². The molecule has 0 N–H and O–H groups in total. The number of nitrogens with zero attached hydrogens (tertiary/aromatic N) is 2. The standard InChI is InChI=1S/C25H29BrN2O4.ClH/c1-6-27(7-2)15-22-24(25(30)31-8-3)19-13-23(32-17(5)29)20(26)14-21(19)28(22)18-11-9-16(4)10-12-18;/h9-14H,6-8,15H2,1-5H3;1H. The number of aromatic nitrogens is 1. The Morgan fingerprint density at radius 3 is 2.24 bits per heavy atom. The molecule has 3 rings (SSSR count). The van der Waals surface area contributed by atoms with Crippen molar-refractivity contribution in [3.05, 3.63) is 57.7 Å². The fourth-order valence-corrected chi connectivity index (χ4v) is 4.21. The van der Waals surface area contributed by atoms with Crippen LogP contribution in [0.3, 0.4) is 0 Å². The fraction of sp³-hybridized carbons (Fsp3) is 0.360. The summed E-state index contributed by atoms with van der Waals surface area (Å²) in [5.41, 5.74) is 4.28. The third-order valence-corrected chi connectivity index (χ3v) is 6.03. The van der Waals surface area contributed by atoms with Crippen LogP contribution in [0, 0.1) is 6.92 Å². The van der Waals surface area contributed by atoms with Crippen LogP contribution in [0.5, 0.6) is 5.75 Å². The SMILES string of the molecule is CCOC(=O)c1c(CN(CC)CC)n(-c2ccc(C)cc2)c2cc(Br)c(OC(C)=O)cc12.Cl. The number of fused-ring (bicyclic) bond motifs is 1. The first-order valence-corrected chi connectivity index (χ1v) is 11.6. The summed E-state index contributed by atoms with van der Waals surface area (Å²) in [5, 5.41) is 0.686. The summed E-state index contributed by atoms with van der Waals surface area (Å²) in [6, 6.07) is 11.8. The molecule has 0 saturated carbocycles. The van der Waals surface area contributed by atoms with Gasteiger partial charge in [-0.1, -0.05) is 31.5 Å². The molecule has 0 aliphatic carbocycles. The quantitative estimate of drug-likeness (QED) is 0.258. The van der Waals surface area contributed by atoms with E-state index < -0.39 is 5.97 Å². The van der Waals surface area contributed by atoms with Crippen LogP contribution in [0.15, 0.2) is 40.9 Å². The summed E-state index contributed by atoms with van der Waals surface area (Å²) >= 11 is 3.53. The van der Waals surface area contributed by atoms with Gasteiger partial charge in [-0.3, -0.25) is 9.69 Å². The molecule has 1 heterocycles. The fourth-order valence-electron chi connectivity index (χ4n) is 3.80. The zero-order chi connectivity index (χ0) is 23.4. The number of rotatable bonds is 8. The minimum absolute atomic E-state index is 0. The predicted octanol–water partition coefficient (Wildman–Crippen LogP) is 6.07. The lowest BCUT2D eigenvalue weighted by atomic mass is 10.1. The van der Waals surface area contributed by atoms with Gasteiger partial charge in [-0.2, -0.15) is 0 Å². The Hall–Kier alpha value is -2.35. The Bertz CT molecular complexity index is 1140. The van der Waals surface area contributed by atoms with Crippen LogP contribution in [-0.4, -0.2) is 41.1 Å². The first-order chi connectivity index (χ1) is 15.3. The van der Waals surface area contributed by atoms with Crippen LogP contribution in [0.4, 0.5) is 0 Å². The third kappa shape index (κ3) is 5.78. The number of hydrogen-bond donors (Lipinski definition) is 0. The molecular weight excluding hydrogens is 508 g/mol. The van der Waals surface area contributed by atoms with Gasteiger partial charge in [0.2, 0.25) is 0 Å². The largest absolute Gasteiger partial charge is 0.462 e. The number of carbonyl (C=O) groups excluding carboxylic acids is 2. The lowest BCUT2D eigenvalue weighted by molar-refractivity contribution is -0.131. The highest BCUT2D eigenvalue weighted by atomic mass is 79.9. The molecule has 33 heavy (non-hydrogen) atoms. The van der Waals surface area contributed by atoms with E-state index in [1.807, 2.05) is 25.1 Å². The van der Waals surface area contributed by atoms with Crippen molar-refractivity contribution >= 4 is 51.2 Å². The molecule has 0 amide bonds. The van der Waals surface area contributed by atoms with Gasteiger partial charge < -0.3 is 14.0 Å². The van der Waals surface area contributed by atoms with Crippen molar-refractivity contribution in [1.29, 1.82) is 0 Å². The van der Waals surface area contributed by atoms with Crippen molar-refractivity contribution in [2.24, 2.45) is 0 Å². The molecule has 0 aliphatic rings. The second-order valence-corrected chi connectivity index (χ2v) is 8.42. The topological polar surface area (TPSA) is 60.8 Å². The van der Waals surface area contributed by atoms with Gasteiger partial charge >= 0.3 is 11.9 Å². The number of hydrogen-bond acceptors (Lipinski definition) is 5. The molecule has 6 nitrogen and oxygen atoms in total. The van der Waals surface area contributed by atoms with E-state index in [1.54, 1.807) is 13.0 Å². The molecule has 0 bridgehead atoms. The Labute approximate surface area is 209 Å². The molecular formula is C25H30BrClN2O4. The van der Waals surface area contributed by atoms with Gasteiger partial charge in [0.15, 0.2) is 0 Å². The molecule has 0 spiro atoms. The Morgan fingerprint density at radius 2 is 1.70 bits per heavy atom. The van der Waals surface area contributed by atoms with E-state index in [4.69, 9.17) is 9.47 Å². The summed E-state index contributed by atoms with van der Waals surface area (Å²) in [5.74, 6) is -0.448. The van der Waals surface area contributed by atoms with Crippen molar-refractivity contribution in [1.82, 2.24) is 9.47 Å². The van der Waals surface area contributed by atoms with Gasteiger partial charge in [-0.15, -0.1) is 12.4 Å². The monoisotopic (exact) mass is 536 g/mol. The maximum Gasteiger partial charge on any atom is 0.340 e. The molecule has 0 saturated heterocycles. The first-order valence-electron chi connectivity index (χ1n) is 10.8. The molecule has 3 aromatic rings. The molecule has 2 aromatic carbocycles. The summed E-state index contributed by atoms with van der Waals surface area (Å²) in [6.07, 6.45) is 0. The van der Waals surface area contributed by atoms with Crippen LogP contribution < -0.4 is 4.74 Å². The van der Waals surface area contributed by atoms with Crippen LogP contribution in [0.1, 0.15) is 49.3 Å². The van der Waals surface area contributed by atoms with E-state index in [1.165, 1.54) is 6.92 Å². The highest BCUT2D eigenvalue weighted by Crippen LogP contribution is 2.38. The molecule has 0 radical (unpaired) electrons. The number of halogens is 2. The minimum atomic E-state index is -0.427. The molecule has 8 heteroatoms. The number of aryl methyl sites for hydroxylation is 1. The highest BCUT2D eigenvalue weighted by molar-refractivity contribution is 9.10. The summed E-state index contributed by atoms with van der Waals surface area (Å²) in [4.78, 5) is 27.1. The van der Waals surface area contributed by atoms with Crippen LogP contribution in [-0.2, 0) is 16.1 Å². The van der Waals surface area contributed by atoms with Gasteiger partial charge in [0.1, 0.15) is 5.75 Å². The minimum Gasteiger partial charge on any atom is -0.462 e. The maximum atomic E-state index is 13.2. The zero-order valence-electron chi connectivity index (χ0n) is 19.6. The van der Waals surface area contributed by atoms with E-state index >= 15 is 0 Å². The van der Waals surface area contributed by atoms with Gasteiger partial charge in [0.05, 0.1) is 27.9 Å². The van der Waals surface area contributed by atoms with E-state index in [0.717, 1.165) is 35.6 Å². The lowest BCUT2D eigenvalue weighted by Gasteiger charge is -2.21. The Morgan fingerprint density at radius 1 is 1.06 bits per heavy atom. The maximum absolute atomic E-state index is 13.2. The van der Waals surface area contributed by atoms with Gasteiger partial charge in [0, 0.05) is 24.5 Å². The van der Waals surface area contributed by atoms with Gasteiger partial charge in [-0.05, 0) is 67.1 Å². The van der Waals surface area contributed by atoms with Gasteiger partial charge in [-0.25, -0.2) is 4.79 Å². The van der Waals surface area contributed by atoms with Crippen molar-refractivity contribution < 1.29 is 19.1 Å². The van der Waals surface area contributed by atoms with E-state index in [-0.39, 0.29) is 25.0 Å². The second kappa shape index (κ2) is 11.7. The Kier molecular flexibility index (Phi) is 9.52. The van der Waals surface area contributed by atoms with Crippen LogP contribution in [0.2, 0.25) is 0 Å². The van der Waals surface area contributed by atoms with Crippen molar-refractivity contribution in [3.8, 4) is 11.4 Å². The lowest BCUT2D eigenvalue weighted by Crippen LogP contribution is -2.25. The smallest absolute Gasteiger partial charge is 0.340 e. The first kappa shape index (κ1) is 26.9. The van der Waals surface area contributed by atoms with E-state index in [9.17, 15) is 9.59 Å². The number of benzene rings is 2. The van der Waals surface area contributed by atoms with Crippen LogP contribution >= 0.6 is 28.3 Å². The Balaban J connectivity index is 0.00000385. The molecule has 0 unspecified atom stereocenters. The normalized spacial score (nSPS) is 10.9. The number of esters is 2. The van der Waals surface area contributed by atoms with E-state index in [0.29, 0.717) is 27.7 Å². The predicted molar refractivity (Wildman–Crippen MR) is 137 cm³/mol. The summed E-state index contributed by atoms with van der Waals surface area (Å²) in [7, 11) is 0. The second-order valence-electron chi connectivity index (χ2n) is 7.57. The number of carbonyl (C=O) groups is 2. The zero-order valence-corrected chi connectivity index (χ0v) is 22.0. The molecule has 0 fully saturated rings. The average molecular weight is 538 g/mol. The van der Waals surface area contributed by atoms with Gasteiger partial charge in [0.25, 0.3) is 0 Å². The molecule has 178 valence electrons. The van der Waals surface area contributed by atoms with Crippen LogP contribution in [0.25, 0.3) is 16.6 Å². The summed E-state index contributed by atoms with van der Waals surface area (Å²) < 4.78 is 13.6. The van der Waals surface area contributed by atoms with E-state index in [2.05, 4.69) is 51.4 Å². The molecule has 1 aromatic heterocycles. The highest BCUT2D eigenvalue weighted by Gasteiger charge is 2.27. The van der Waals surface area contributed by atoms with Crippen molar-refractivity contribution in [2.45, 2.75) is 41.2 Å². The van der Waals surface area contributed by atoms with Crippen molar-refractivity contribution in [2.75, 3.05) is 19.7 Å². The average Bonchev–Trinajstić information content (AvgIpc) is 3.05. The molecule has 0 aliphatic heterocycles.